The molecule has 1 saturated heterocycles. The minimum Gasteiger partial charge on any atom is -0.289 e. The molecule has 1 aromatic heterocycles. The molecule has 3 N–H and O–H groups in total. The van der Waals surface area contributed by atoms with Crippen LogP contribution in [-0.4, -0.2) is 101 Å². The summed E-state index contributed by atoms with van der Waals surface area (Å²) in [4.78, 5) is 13.1. The summed E-state index contributed by atoms with van der Waals surface area (Å²) in [5.41, 5.74) is 2.14. The first-order valence-electron chi connectivity index (χ1n) is 10.7. The van der Waals surface area contributed by atoms with E-state index in [1.807, 2.05) is 0 Å². The lowest BCUT2D eigenvalue weighted by Crippen LogP contribution is -2.61. The van der Waals surface area contributed by atoms with E-state index in [0.717, 1.165) is 29.8 Å². The van der Waals surface area contributed by atoms with Crippen molar-refractivity contribution in [3.8, 4) is 10.4 Å². The molecule has 206 valence electrons. The molecule has 0 bridgehead atoms. The van der Waals surface area contributed by atoms with Gasteiger partial charge in [-0.25, -0.2) is 27.0 Å². The summed E-state index contributed by atoms with van der Waals surface area (Å²) in [6.07, 6.45) is 0. The van der Waals surface area contributed by atoms with Crippen LogP contribution in [0.4, 0.5) is 0 Å². The molecule has 1 unspecified atom stereocenters. The average Bonchev–Trinajstić information content (AvgIpc) is 3.34. The van der Waals surface area contributed by atoms with E-state index in [2.05, 4.69) is 4.72 Å². The summed E-state index contributed by atoms with van der Waals surface area (Å²) in [7, 11) is -9.61. The molecule has 1 aliphatic rings. The van der Waals surface area contributed by atoms with Crippen molar-refractivity contribution < 1.29 is 35.3 Å². The van der Waals surface area contributed by atoms with E-state index in [4.69, 9.17) is 11.6 Å². The highest BCUT2D eigenvalue weighted by molar-refractivity contribution is 7.91. The lowest BCUT2D eigenvalue weighted by molar-refractivity contribution is -0.134. The summed E-state index contributed by atoms with van der Waals surface area (Å²) in [5.74, 6) is -1.72. The van der Waals surface area contributed by atoms with Gasteiger partial charge < -0.3 is 0 Å². The second-order valence-electron chi connectivity index (χ2n) is 8.09. The van der Waals surface area contributed by atoms with Crippen molar-refractivity contribution in [2.75, 3.05) is 46.0 Å². The number of benzene rings is 1. The topological polar surface area (TPSA) is 173 Å². The fourth-order valence-electron chi connectivity index (χ4n) is 3.47. The summed E-state index contributed by atoms with van der Waals surface area (Å²) in [6, 6.07) is 8.23. The first-order valence-corrected chi connectivity index (χ1v) is 16.3. The molecule has 13 nitrogen and oxygen atoms in total. The number of hydrogen-bond acceptors (Lipinski definition) is 9. The van der Waals surface area contributed by atoms with Crippen molar-refractivity contribution in [1.82, 2.24) is 23.1 Å². The van der Waals surface area contributed by atoms with E-state index in [1.165, 1.54) is 25.6 Å². The Labute approximate surface area is 224 Å². The van der Waals surface area contributed by atoms with Gasteiger partial charge in [-0.1, -0.05) is 23.7 Å². The summed E-state index contributed by atoms with van der Waals surface area (Å²) >= 11 is 6.87. The third kappa shape index (κ3) is 6.86. The Morgan fingerprint density at radius 1 is 1.08 bits per heavy atom. The van der Waals surface area contributed by atoms with Crippen LogP contribution in [0.1, 0.15) is 0 Å². The smallest absolute Gasteiger partial charge is 0.278 e. The maximum atomic E-state index is 13.4. The molecule has 1 amide bonds. The highest BCUT2D eigenvalue weighted by Gasteiger charge is 2.43. The van der Waals surface area contributed by atoms with Crippen molar-refractivity contribution in [1.29, 1.82) is 0 Å². The monoisotopic (exact) mass is 615 g/mol. The Bertz CT molecular complexity index is 1440. The first-order chi connectivity index (χ1) is 17.2. The van der Waals surface area contributed by atoms with Crippen LogP contribution in [0.2, 0.25) is 5.02 Å². The normalized spacial score (nSPS) is 18.2. The van der Waals surface area contributed by atoms with E-state index >= 15 is 0 Å². The molecule has 2 aromatic rings. The number of nitrogens with one attached hydrogen (secondary N) is 2. The van der Waals surface area contributed by atoms with Gasteiger partial charge in [-0.3, -0.25) is 10.0 Å². The van der Waals surface area contributed by atoms with Crippen molar-refractivity contribution in [3.63, 3.8) is 0 Å². The van der Waals surface area contributed by atoms with E-state index < -0.39 is 61.0 Å². The van der Waals surface area contributed by atoms with Crippen LogP contribution >= 0.6 is 22.9 Å². The number of carbonyl (C=O) groups excluding carboxylic acids is 1. The third-order valence-electron chi connectivity index (χ3n) is 5.50. The van der Waals surface area contributed by atoms with E-state index in [9.17, 15) is 35.3 Å². The predicted molar refractivity (Wildman–Crippen MR) is 138 cm³/mol. The molecule has 0 saturated carbocycles. The number of rotatable bonds is 10. The largest absolute Gasteiger partial charge is 0.289 e. The maximum Gasteiger partial charge on any atom is 0.278 e. The second kappa shape index (κ2) is 11.6. The van der Waals surface area contributed by atoms with Crippen molar-refractivity contribution in [3.05, 3.63) is 41.4 Å². The lowest BCUT2D eigenvalue weighted by atomic mass is 10.2. The molecule has 0 spiro atoms. The Morgan fingerprint density at radius 2 is 1.73 bits per heavy atom. The zero-order chi connectivity index (χ0) is 27.6. The molecule has 1 fully saturated rings. The molecule has 2 heterocycles. The molecule has 0 aliphatic carbocycles. The van der Waals surface area contributed by atoms with Crippen molar-refractivity contribution in [2.45, 2.75) is 10.3 Å². The molecule has 0 radical (unpaired) electrons. The Kier molecular flexibility index (Phi) is 9.37. The predicted octanol–water partition coefficient (Wildman–Crippen LogP) is -0.0254. The van der Waals surface area contributed by atoms with Crippen molar-refractivity contribution in [2.24, 2.45) is 0 Å². The van der Waals surface area contributed by atoms with Crippen LogP contribution in [0.3, 0.4) is 0 Å². The first kappa shape index (κ1) is 29.9. The Hall–Kier alpha value is -1.67. The number of piperazine rings is 1. The molecule has 1 aliphatic heterocycles. The third-order valence-corrected chi connectivity index (χ3v) is 12.6. The summed E-state index contributed by atoms with van der Waals surface area (Å²) in [6.45, 7) is -1.63. The molecule has 3 rings (SSSR count). The minimum atomic E-state index is -4.24. The van der Waals surface area contributed by atoms with Crippen molar-refractivity contribution >= 4 is 59.1 Å². The number of halogens is 1. The zero-order valence-corrected chi connectivity index (χ0v) is 23.8. The van der Waals surface area contributed by atoms with Crippen LogP contribution in [0.5, 0.6) is 0 Å². The molecular formula is C19H26ClN5O8S4. The highest BCUT2D eigenvalue weighted by Crippen LogP contribution is 2.34. The van der Waals surface area contributed by atoms with Crippen LogP contribution < -0.4 is 10.2 Å². The number of nitrogens with zero attached hydrogens (tertiary/aromatic N) is 3. The maximum absolute atomic E-state index is 13.4. The van der Waals surface area contributed by atoms with Crippen LogP contribution in [0.25, 0.3) is 10.4 Å². The number of amides is 1. The fourth-order valence-corrected chi connectivity index (χ4v) is 8.70. The molecule has 1 atom stereocenters. The van der Waals surface area contributed by atoms with Gasteiger partial charge in [0.15, 0.2) is 0 Å². The van der Waals surface area contributed by atoms with Gasteiger partial charge in [-0.15, -0.1) is 11.3 Å². The zero-order valence-electron chi connectivity index (χ0n) is 19.7. The average molecular weight is 616 g/mol. The van der Waals surface area contributed by atoms with Gasteiger partial charge in [-0.05, 0) is 29.8 Å². The van der Waals surface area contributed by atoms with Crippen LogP contribution in [0, 0.1) is 0 Å². The number of thiophene rings is 1. The second-order valence-corrected chi connectivity index (χ2v) is 15.8. The molecule has 1 aromatic carbocycles. The Morgan fingerprint density at radius 3 is 2.32 bits per heavy atom. The highest BCUT2D eigenvalue weighted by atomic mass is 35.5. The van der Waals surface area contributed by atoms with Gasteiger partial charge >= 0.3 is 0 Å². The van der Waals surface area contributed by atoms with Crippen LogP contribution in [0.15, 0.2) is 40.6 Å². The number of hydrogen-bond donors (Lipinski definition) is 3. The van der Waals surface area contributed by atoms with Gasteiger partial charge in [-0.2, -0.15) is 21.3 Å². The van der Waals surface area contributed by atoms with E-state index in [1.54, 1.807) is 30.3 Å². The van der Waals surface area contributed by atoms with Gasteiger partial charge in [0.2, 0.25) is 10.0 Å². The summed E-state index contributed by atoms with van der Waals surface area (Å²) in [5, 5.41) is 9.73. The standard InChI is InChI=1S/C19H26ClN5O8S4/c1-23(2)37(32,33)21-9-12-35(28,29)24-10-11-25(16(13-24)19(26)22-27)36(30,31)18-8-7-17(34-18)14-3-5-15(20)6-4-14/h3-8,16,21,27H,9-13H2,1-2H3,(H,22,26). The molecule has 18 heteroatoms. The van der Waals surface area contributed by atoms with E-state index in [-0.39, 0.29) is 17.3 Å². The molecule has 37 heavy (non-hydrogen) atoms. The van der Waals surface area contributed by atoms with E-state index in [0.29, 0.717) is 9.90 Å². The lowest BCUT2D eigenvalue weighted by Gasteiger charge is -2.38. The number of sulfonamides is 2. The fraction of sp³-hybridized carbons (Fsp3) is 0.421. The van der Waals surface area contributed by atoms with Gasteiger partial charge in [0.25, 0.3) is 26.1 Å². The number of hydroxylamine groups is 1. The Balaban J connectivity index is 1.80. The summed E-state index contributed by atoms with van der Waals surface area (Å²) < 4.78 is 80.8. The number of carbonyl (C=O) groups is 1. The minimum absolute atomic E-state index is 0.0670. The quantitative estimate of drug-likeness (QED) is 0.247. The van der Waals surface area contributed by atoms with Gasteiger partial charge in [0, 0.05) is 50.2 Å². The molecular weight excluding hydrogens is 590 g/mol. The van der Waals surface area contributed by atoms with Gasteiger partial charge in [0.05, 0.1) is 5.75 Å². The SMILES string of the molecule is CN(C)S(=O)(=O)NCCS(=O)(=O)N1CCN(S(=O)(=O)c2ccc(-c3ccc(Cl)cc3)s2)C(C(=O)NO)C1. The van der Waals surface area contributed by atoms with Gasteiger partial charge in [0.1, 0.15) is 10.3 Å². The van der Waals surface area contributed by atoms with Crippen LogP contribution in [-0.2, 0) is 35.1 Å².